The summed E-state index contributed by atoms with van der Waals surface area (Å²) in [5.41, 5.74) is -0.126. The van der Waals surface area contributed by atoms with Crippen LogP contribution in [0.2, 0.25) is 0 Å². The highest BCUT2D eigenvalue weighted by Crippen LogP contribution is 2.22. The monoisotopic (exact) mass is 299 g/mol. The number of nitrogens with zero attached hydrogens (tertiary/aromatic N) is 2. The maximum atomic E-state index is 11.9. The molecule has 0 aliphatic carbocycles. The molecule has 1 amide bonds. The van der Waals surface area contributed by atoms with Crippen LogP contribution in [0, 0.1) is 0 Å². The number of hydrogen-bond donors (Lipinski definition) is 1. The van der Waals surface area contributed by atoms with E-state index in [0.717, 1.165) is 32.2 Å². The van der Waals surface area contributed by atoms with Gasteiger partial charge in [-0.2, -0.15) is 11.8 Å². The summed E-state index contributed by atoms with van der Waals surface area (Å²) in [6.45, 7) is 10.9. The molecule has 1 N–H and O–H groups in total. The van der Waals surface area contributed by atoms with Crippen molar-refractivity contribution in [2.24, 2.45) is 0 Å². The Morgan fingerprint density at radius 3 is 2.30 bits per heavy atom. The molecule has 2 aliphatic rings. The third-order valence-electron chi connectivity index (χ3n) is 4.00. The van der Waals surface area contributed by atoms with Crippen LogP contribution in [0.3, 0.4) is 0 Å². The number of carbonyl (C=O) groups is 1. The quantitative estimate of drug-likeness (QED) is 0.855. The SMILES string of the molecule is CC(C)(C)NC(=O)CN1CCN(C2CCSCC2)CC1. The highest BCUT2D eigenvalue weighted by molar-refractivity contribution is 7.99. The zero-order valence-electron chi connectivity index (χ0n) is 13.2. The van der Waals surface area contributed by atoms with Gasteiger partial charge in [-0.3, -0.25) is 14.6 Å². The Labute approximate surface area is 127 Å². The molecule has 2 aliphatic heterocycles. The van der Waals surface area contributed by atoms with Crippen LogP contribution >= 0.6 is 11.8 Å². The molecule has 5 heteroatoms. The Kier molecular flexibility index (Phi) is 5.75. The van der Waals surface area contributed by atoms with Crippen molar-refractivity contribution < 1.29 is 4.79 Å². The average Bonchev–Trinajstić information content (AvgIpc) is 2.38. The van der Waals surface area contributed by atoms with Crippen molar-refractivity contribution in [3.05, 3.63) is 0 Å². The Bertz CT molecular complexity index is 316. The molecular weight excluding hydrogens is 270 g/mol. The first-order chi connectivity index (χ1) is 9.44. The van der Waals surface area contributed by atoms with Gasteiger partial charge in [0, 0.05) is 37.8 Å². The van der Waals surface area contributed by atoms with Crippen LogP contribution < -0.4 is 5.32 Å². The highest BCUT2D eigenvalue weighted by Gasteiger charge is 2.26. The van der Waals surface area contributed by atoms with E-state index in [1.807, 2.05) is 20.8 Å². The highest BCUT2D eigenvalue weighted by atomic mass is 32.2. The summed E-state index contributed by atoms with van der Waals surface area (Å²) < 4.78 is 0. The van der Waals surface area contributed by atoms with Crippen molar-refractivity contribution in [1.29, 1.82) is 0 Å². The van der Waals surface area contributed by atoms with Gasteiger partial charge in [-0.15, -0.1) is 0 Å². The fraction of sp³-hybridized carbons (Fsp3) is 0.933. The van der Waals surface area contributed by atoms with Gasteiger partial charge in [0.2, 0.25) is 5.91 Å². The van der Waals surface area contributed by atoms with E-state index < -0.39 is 0 Å². The molecule has 0 spiro atoms. The van der Waals surface area contributed by atoms with Crippen LogP contribution in [0.15, 0.2) is 0 Å². The maximum absolute atomic E-state index is 11.9. The molecule has 20 heavy (non-hydrogen) atoms. The number of nitrogens with one attached hydrogen (secondary N) is 1. The molecule has 0 saturated carbocycles. The minimum atomic E-state index is -0.126. The molecule has 2 rings (SSSR count). The van der Waals surface area contributed by atoms with Crippen molar-refractivity contribution >= 4 is 17.7 Å². The third-order valence-corrected chi connectivity index (χ3v) is 5.04. The van der Waals surface area contributed by atoms with E-state index in [0.29, 0.717) is 6.54 Å². The van der Waals surface area contributed by atoms with Crippen LogP contribution in [0.5, 0.6) is 0 Å². The normalized spacial score (nSPS) is 23.8. The first-order valence-corrected chi connectivity index (χ1v) is 8.95. The first kappa shape index (κ1) is 16.1. The number of piperazine rings is 1. The molecule has 0 radical (unpaired) electrons. The van der Waals surface area contributed by atoms with Crippen LogP contribution in [-0.4, -0.2) is 71.5 Å². The summed E-state index contributed by atoms with van der Waals surface area (Å²) in [6, 6.07) is 0.793. The smallest absolute Gasteiger partial charge is 0.234 e. The lowest BCUT2D eigenvalue weighted by Crippen LogP contribution is -2.54. The van der Waals surface area contributed by atoms with Crippen molar-refractivity contribution in [3.8, 4) is 0 Å². The van der Waals surface area contributed by atoms with E-state index in [1.165, 1.54) is 24.3 Å². The molecule has 0 aromatic heterocycles. The van der Waals surface area contributed by atoms with Gasteiger partial charge in [-0.05, 0) is 45.1 Å². The van der Waals surface area contributed by atoms with Gasteiger partial charge < -0.3 is 5.32 Å². The molecular formula is C15H29N3OS. The first-order valence-electron chi connectivity index (χ1n) is 7.79. The number of carbonyl (C=O) groups excluding carboxylic acids is 1. The molecule has 0 aromatic rings. The van der Waals surface area contributed by atoms with Gasteiger partial charge in [0.25, 0.3) is 0 Å². The lowest BCUT2D eigenvalue weighted by Gasteiger charge is -2.40. The number of hydrogen-bond acceptors (Lipinski definition) is 4. The summed E-state index contributed by atoms with van der Waals surface area (Å²) in [4.78, 5) is 16.9. The van der Waals surface area contributed by atoms with Gasteiger partial charge in [0.05, 0.1) is 6.54 Å². The molecule has 0 unspecified atom stereocenters. The molecule has 2 fully saturated rings. The van der Waals surface area contributed by atoms with E-state index in [1.54, 1.807) is 0 Å². The van der Waals surface area contributed by atoms with Crippen LogP contribution in [0.4, 0.5) is 0 Å². The van der Waals surface area contributed by atoms with E-state index in [2.05, 4.69) is 26.9 Å². The summed E-state index contributed by atoms with van der Waals surface area (Å²) in [5.74, 6) is 2.79. The van der Waals surface area contributed by atoms with Crippen LogP contribution in [0.1, 0.15) is 33.6 Å². The van der Waals surface area contributed by atoms with Crippen LogP contribution in [0.25, 0.3) is 0 Å². The minimum absolute atomic E-state index is 0.126. The van der Waals surface area contributed by atoms with Crippen molar-refractivity contribution in [2.45, 2.75) is 45.2 Å². The lowest BCUT2D eigenvalue weighted by atomic mass is 10.1. The van der Waals surface area contributed by atoms with Gasteiger partial charge in [0.1, 0.15) is 0 Å². The molecule has 2 heterocycles. The number of thioether (sulfide) groups is 1. The van der Waals surface area contributed by atoms with E-state index in [9.17, 15) is 4.79 Å². The maximum Gasteiger partial charge on any atom is 0.234 e. The molecule has 4 nitrogen and oxygen atoms in total. The summed E-state index contributed by atoms with van der Waals surface area (Å²) in [6.07, 6.45) is 2.68. The molecule has 2 saturated heterocycles. The van der Waals surface area contributed by atoms with Gasteiger partial charge >= 0.3 is 0 Å². The Morgan fingerprint density at radius 1 is 1.15 bits per heavy atom. The minimum Gasteiger partial charge on any atom is -0.350 e. The Morgan fingerprint density at radius 2 is 1.75 bits per heavy atom. The fourth-order valence-electron chi connectivity index (χ4n) is 3.00. The molecule has 116 valence electrons. The van der Waals surface area contributed by atoms with Gasteiger partial charge in [-0.1, -0.05) is 0 Å². The van der Waals surface area contributed by atoms with E-state index in [4.69, 9.17) is 0 Å². The van der Waals surface area contributed by atoms with E-state index >= 15 is 0 Å². The largest absolute Gasteiger partial charge is 0.350 e. The molecule has 0 bridgehead atoms. The van der Waals surface area contributed by atoms with E-state index in [-0.39, 0.29) is 11.4 Å². The van der Waals surface area contributed by atoms with Crippen LogP contribution in [-0.2, 0) is 4.79 Å². The predicted octanol–water partition coefficient (Wildman–Crippen LogP) is 1.41. The van der Waals surface area contributed by atoms with Gasteiger partial charge in [-0.25, -0.2) is 0 Å². The Hall–Kier alpha value is -0.260. The van der Waals surface area contributed by atoms with Crippen molar-refractivity contribution in [1.82, 2.24) is 15.1 Å². The second-order valence-electron chi connectivity index (χ2n) is 6.95. The number of rotatable bonds is 3. The average molecular weight is 299 g/mol. The second-order valence-corrected chi connectivity index (χ2v) is 8.18. The predicted molar refractivity (Wildman–Crippen MR) is 86.3 cm³/mol. The summed E-state index contributed by atoms with van der Waals surface area (Å²) in [7, 11) is 0. The number of amides is 1. The standard InChI is InChI=1S/C15H29N3OS/c1-15(2,3)16-14(19)12-17-6-8-18(9-7-17)13-4-10-20-11-5-13/h13H,4-12H2,1-3H3,(H,16,19). The molecule has 0 atom stereocenters. The lowest BCUT2D eigenvalue weighted by molar-refractivity contribution is -0.124. The van der Waals surface area contributed by atoms with Crippen molar-refractivity contribution in [3.63, 3.8) is 0 Å². The third kappa shape index (κ3) is 5.26. The molecule has 0 aromatic carbocycles. The van der Waals surface area contributed by atoms with Crippen molar-refractivity contribution in [2.75, 3.05) is 44.2 Å². The fourth-order valence-corrected chi connectivity index (χ4v) is 4.08. The van der Waals surface area contributed by atoms with Gasteiger partial charge in [0.15, 0.2) is 0 Å². The topological polar surface area (TPSA) is 35.6 Å². The summed E-state index contributed by atoms with van der Waals surface area (Å²) >= 11 is 2.09. The Balaban J connectivity index is 1.70. The zero-order chi connectivity index (χ0) is 14.6. The zero-order valence-corrected chi connectivity index (χ0v) is 14.0. The second kappa shape index (κ2) is 7.14. The summed E-state index contributed by atoms with van der Waals surface area (Å²) in [5, 5.41) is 3.04.